The fourth-order valence-corrected chi connectivity index (χ4v) is 2.72. The van der Waals surface area contributed by atoms with Crippen molar-refractivity contribution in [2.24, 2.45) is 5.92 Å². The second-order valence-electron chi connectivity index (χ2n) is 7.28. The molecule has 0 radical (unpaired) electrons. The first kappa shape index (κ1) is 18.0. The Balaban J connectivity index is 1.56. The number of benzene rings is 1. The smallest absolute Gasteiger partial charge is 0.410 e. The number of carbonyl (C=O) groups is 1. The van der Waals surface area contributed by atoms with Gasteiger partial charge in [-0.1, -0.05) is 0 Å². The van der Waals surface area contributed by atoms with E-state index in [1.54, 1.807) is 4.90 Å². The van der Waals surface area contributed by atoms with Crippen LogP contribution in [-0.4, -0.2) is 46.2 Å². The number of hydrogen-bond acceptors (Lipinski definition) is 7. The van der Waals surface area contributed by atoms with Crippen LogP contribution in [0.25, 0.3) is 11.1 Å². The zero-order valence-corrected chi connectivity index (χ0v) is 14.9. The minimum atomic E-state index is -0.521. The normalized spacial score (nSPS) is 17.5. The van der Waals surface area contributed by atoms with Gasteiger partial charge in [0, 0.05) is 31.1 Å². The molecule has 1 fully saturated rings. The number of fused-ring (bicyclic) bond motifs is 1. The number of aromatic nitrogens is 1. The van der Waals surface area contributed by atoms with Gasteiger partial charge < -0.3 is 18.8 Å². The number of amides is 1. The first-order valence-electron chi connectivity index (χ1n) is 8.37. The fraction of sp³-hybridized carbons (Fsp3) is 0.529. The Morgan fingerprint density at radius 1 is 1.46 bits per heavy atom. The molecule has 2 aromatic rings. The Bertz CT molecular complexity index is 826. The lowest BCUT2D eigenvalue weighted by molar-refractivity contribution is -0.384. The molecule has 1 aliphatic heterocycles. The summed E-state index contributed by atoms with van der Waals surface area (Å²) < 4.78 is 16.4. The zero-order chi connectivity index (χ0) is 18.9. The predicted octanol–water partition coefficient (Wildman–Crippen LogP) is 3.37. The average molecular weight is 363 g/mol. The highest BCUT2D eigenvalue weighted by atomic mass is 16.6. The maximum Gasteiger partial charge on any atom is 0.410 e. The molecule has 0 bridgehead atoms. The van der Waals surface area contributed by atoms with E-state index in [0.717, 1.165) is 6.42 Å². The molecule has 1 aliphatic rings. The molecule has 0 aliphatic carbocycles. The molecule has 3 rings (SSSR count). The quantitative estimate of drug-likeness (QED) is 0.605. The standard InChI is InChI=1S/C17H21N3O6/c1-17(2,3)26-16(21)19-7-6-11(9-19)10-24-15-18-13-8-12(20(22)23)4-5-14(13)25-15/h4-5,8,11H,6-7,9-10H2,1-3H3. The van der Waals surface area contributed by atoms with Crippen molar-refractivity contribution >= 4 is 22.9 Å². The number of non-ortho nitro benzene ring substituents is 1. The lowest BCUT2D eigenvalue weighted by Gasteiger charge is -2.24. The van der Waals surface area contributed by atoms with E-state index in [4.69, 9.17) is 13.9 Å². The van der Waals surface area contributed by atoms with Gasteiger partial charge in [-0.2, -0.15) is 4.98 Å². The summed E-state index contributed by atoms with van der Waals surface area (Å²) in [5, 5.41) is 10.8. The van der Waals surface area contributed by atoms with Gasteiger partial charge in [0.2, 0.25) is 0 Å². The molecule has 0 saturated carbocycles. The monoisotopic (exact) mass is 363 g/mol. The molecule has 1 saturated heterocycles. The Hall–Kier alpha value is -2.84. The lowest BCUT2D eigenvalue weighted by atomic mass is 10.1. The van der Waals surface area contributed by atoms with Gasteiger partial charge in [0.15, 0.2) is 5.58 Å². The highest BCUT2D eigenvalue weighted by Gasteiger charge is 2.30. The summed E-state index contributed by atoms with van der Waals surface area (Å²) in [6.07, 6.45) is 0.538. The van der Waals surface area contributed by atoms with Crippen LogP contribution in [-0.2, 0) is 4.74 Å². The minimum absolute atomic E-state index is 0.0545. The number of rotatable bonds is 4. The van der Waals surface area contributed by atoms with Crippen LogP contribution in [0.2, 0.25) is 0 Å². The summed E-state index contributed by atoms with van der Waals surface area (Å²) >= 11 is 0. The summed E-state index contributed by atoms with van der Waals surface area (Å²) in [4.78, 5) is 28.2. The van der Waals surface area contributed by atoms with Gasteiger partial charge in [-0.05, 0) is 33.3 Å². The van der Waals surface area contributed by atoms with E-state index in [0.29, 0.717) is 30.8 Å². The van der Waals surface area contributed by atoms with Crippen LogP contribution in [0.1, 0.15) is 27.2 Å². The molecule has 140 valence electrons. The second-order valence-corrected chi connectivity index (χ2v) is 7.28. The zero-order valence-electron chi connectivity index (χ0n) is 14.9. The van der Waals surface area contributed by atoms with E-state index in [9.17, 15) is 14.9 Å². The van der Waals surface area contributed by atoms with Crippen molar-refractivity contribution in [2.75, 3.05) is 19.7 Å². The third-order valence-electron chi connectivity index (χ3n) is 3.94. The fourth-order valence-electron chi connectivity index (χ4n) is 2.72. The average Bonchev–Trinajstić information content (AvgIpc) is 3.17. The van der Waals surface area contributed by atoms with Crippen molar-refractivity contribution in [1.29, 1.82) is 0 Å². The van der Waals surface area contributed by atoms with Gasteiger partial charge >= 0.3 is 12.2 Å². The third-order valence-corrected chi connectivity index (χ3v) is 3.94. The van der Waals surface area contributed by atoms with Crippen molar-refractivity contribution < 1.29 is 23.6 Å². The molecular weight excluding hydrogens is 342 g/mol. The molecular formula is C17H21N3O6. The number of oxazole rings is 1. The Kier molecular flexibility index (Phi) is 4.71. The van der Waals surface area contributed by atoms with E-state index < -0.39 is 10.5 Å². The number of likely N-dealkylation sites (tertiary alicyclic amines) is 1. The third kappa shape index (κ3) is 4.22. The van der Waals surface area contributed by atoms with Gasteiger partial charge in [-0.15, -0.1) is 0 Å². The van der Waals surface area contributed by atoms with Crippen LogP contribution in [0.3, 0.4) is 0 Å². The number of nitrogens with zero attached hydrogens (tertiary/aromatic N) is 3. The summed E-state index contributed by atoms with van der Waals surface area (Å²) in [7, 11) is 0. The lowest BCUT2D eigenvalue weighted by Crippen LogP contribution is -2.35. The first-order chi connectivity index (χ1) is 12.2. The molecule has 2 heterocycles. The van der Waals surface area contributed by atoms with Crippen LogP contribution >= 0.6 is 0 Å². The van der Waals surface area contributed by atoms with Crippen LogP contribution in [0.4, 0.5) is 10.5 Å². The van der Waals surface area contributed by atoms with Crippen LogP contribution in [0.5, 0.6) is 6.08 Å². The Morgan fingerprint density at radius 3 is 2.92 bits per heavy atom. The topological polar surface area (TPSA) is 108 Å². The molecule has 26 heavy (non-hydrogen) atoms. The molecule has 0 N–H and O–H groups in total. The van der Waals surface area contributed by atoms with Gasteiger partial charge in [0.1, 0.15) is 11.1 Å². The van der Waals surface area contributed by atoms with Gasteiger partial charge in [-0.25, -0.2) is 4.79 Å². The predicted molar refractivity (Wildman–Crippen MR) is 92.1 cm³/mol. The molecule has 1 unspecified atom stereocenters. The molecule has 0 spiro atoms. The van der Waals surface area contributed by atoms with Crippen molar-refractivity contribution in [1.82, 2.24) is 9.88 Å². The van der Waals surface area contributed by atoms with E-state index in [1.807, 2.05) is 20.8 Å². The Labute approximate surface area is 150 Å². The van der Waals surface area contributed by atoms with Crippen molar-refractivity contribution in [2.45, 2.75) is 32.8 Å². The van der Waals surface area contributed by atoms with Crippen LogP contribution in [0.15, 0.2) is 22.6 Å². The number of hydrogen-bond donors (Lipinski definition) is 0. The summed E-state index contributed by atoms with van der Waals surface area (Å²) in [5.41, 5.74) is 0.219. The van der Waals surface area contributed by atoms with E-state index in [2.05, 4.69) is 4.98 Å². The largest absolute Gasteiger partial charge is 0.450 e. The highest BCUT2D eigenvalue weighted by Crippen LogP contribution is 2.26. The van der Waals surface area contributed by atoms with E-state index in [1.165, 1.54) is 18.2 Å². The number of nitro benzene ring substituents is 1. The van der Waals surface area contributed by atoms with E-state index in [-0.39, 0.29) is 23.8 Å². The molecule has 1 atom stereocenters. The Morgan fingerprint density at radius 2 is 2.23 bits per heavy atom. The molecule has 9 nitrogen and oxygen atoms in total. The molecule has 9 heteroatoms. The van der Waals surface area contributed by atoms with Crippen LogP contribution < -0.4 is 4.74 Å². The highest BCUT2D eigenvalue weighted by molar-refractivity contribution is 5.75. The second kappa shape index (κ2) is 6.81. The molecule has 1 aromatic carbocycles. The number of ether oxygens (including phenoxy) is 2. The maximum absolute atomic E-state index is 12.1. The van der Waals surface area contributed by atoms with Gasteiger partial charge in [0.25, 0.3) is 5.69 Å². The number of carbonyl (C=O) groups excluding carboxylic acids is 1. The van der Waals surface area contributed by atoms with Gasteiger partial charge in [0.05, 0.1) is 11.5 Å². The minimum Gasteiger partial charge on any atom is -0.450 e. The number of nitro groups is 1. The summed E-state index contributed by atoms with van der Waals surface area (Å²) in [5.74, 6) is 0.145. The summed E-state index contributed by atoms with van der Waals surface area (Å²) in [6.45, 7) is 7.00. The van der Waals surface area contributed by atoms with Crippen LogP contribution in [0, 0.1) is 16.0 Å². The van der Waals surface area contributed by atoms with Gasteiger partial charge in [-0.3, -0.25) is 10.1 Å². The molecule has 1 amide bonds. The SMILES string of the molecule is CC(C)(C)OC(=O)N1CCC(COc2nc3cc([N+](=O)[O-])ccc3o2)C1. The van der Waals surface area contributed by atoms with Crippen molar-refractivity contribution in [3.63, 3.8) is 0 Å². The molecule has 1 aromatic heterocycles. The summed E-state index contributed by atoms with van der Waals surface area (Å²) in [6, 6.07) is 4.19. The van der Waals surface area contributed by atoms with E-state index >= 15 is 0 Å². The van der Waals surface area contributed by atoms with Crippen molar-refractivity contribution in [3.05, 3.63) is 28.3 Å². The maximum atomic E-state index is 12.1. The first-order valence-corrected chi connectivity index (χ1v) is 8.37. The van der Waals surface area contributed by atoms with Crippen molar-refractivity contribution in [3.8, 4) is 6.08 Å².